The number of hydrogen-bond donors (Lipinski definition) is 0. The molecule has 3 aromatic rings. The van der Waals surface area contributed by atoms with E-state index in [-0.39, 0.29) is 11.7 Å². The molecule has 0 aliphatic carbocycles. The number of amides is 1. The van der Waals surface area contributed by atoms with Gasteiger partial charge in [-0.15, -0.1) is 11.3 Å². The van der Waals surface area contributed by atoms with Crippen molar-refractivity contribution in [3.05, 3.63) is 71.0 Å². The molecule has 0 N–H and O–H groups in total. The van der Waals surface area contributed by atoms with Crippen molar-refractivity contribution in [2.45, 2.75) is 6.54 Å². The van der Waals surface area contributed by atoms with Crippen LogP contribution in [0.5, 0.6) is 5.88 Å². The second-order valence-corrected chi connectivity index (χ2v) is 8.68. The Morgan fingerprint density at radius 3 is 2.66 bits per heavy atom. The summed E-state index contributed by atoms with van der Waals surface area (Å²) >= 11 is 1.61. The van der Waals surface area contributed by atoms with Crippen LogP contribution in [0.2, 0.25) is 0 Å². The first kappa shape index (κ1) is 22.4. The second-order valence-electron chi connectivity index (χ2n) is 7.51. The third-order valence-electron chi connectivity index (χ3n) is 5.37. The lowest BCUT2D eigenvalue weighted by molar-refractivity contribution is 0.0622. The molecule has 6 nitrogen and oxygen atoms in total. The van der Waals surface area contributed by atoms with Crippen LogP contribution in [0.4, 0.5) is 4.39 Å². The van der Waals surface area contributed by atoms with E-state index in [4.69, 9.17) is 9.47 Å². The minimum atomic E-state index is -0.200. The Kier molecular flexibility index (Phi) is 7.47. The molecule has 0 atom stereocenters. The normalized spacial score (nSPS) is 14.5. The van der Waals surface area contributed by atoms with Crippen molar-refractivity contribution in [2.75, 3.05) is 46.5 Å². The highest BCUT2D eigenvalue weighted by atomic mass is 32.1. The van der Waals surface area contributed by atoms with E-state index in [9.17, 15) is 9.18 Å². The number of halogens is 1. The molecule has 32 heavy (non-hydrogen) atoms. The van der Waals surface area contributed by atoms with Gasteiger partial charge in [-0.1, -0.05) is 18.2 Å². The van der Waals surface area contributed by atoms with Crippen LogP contribution in [0.15, 0.2) is 54.7 Å². The van der Waals surface area contributed by atoms with E-state index < -0.39 is 0 Å². The van der Waals surface area contributed by atoms with Crippen molar-refractivity contribution in [3.8, 4) is 16.3 Å². The molecule has 0 spiro atoms. The molecule has 0 radical (unpaired) electrons. The largest absolute Gasteiger partial charge is 0.475 e. The van der Waals surface area contributed by atoms with E-state index in [1.165, 1.54) is 10.9 Å². The summed E-state index contributed by atoms with van der Waals surface area (Å²) in [6.07, 6.45) is 1.62. The van der Waals surface area contributed by atoms with Crippen LogP contribution >= 0.6 is 11.3 Å². The van der Waals surface area contributed by atoms with Crippen molar-refractivity contribution >= 4 is 17.2 Å². The SMILES string of the molecule is COCCOc1ncccc1C(=O)N1CCN(Cc2ccc(-c3ccccc3F)s2)CC1. The summed E-state index contributed by atoms with van der Waals surface area (Å²) < 4.78 is 24.7. The highest BCUT2D eigenvalue weighted by Gasteiger charge is 2.25. The van der Waals surface area contributed by atoms with Crippen molar-refractivity contribution in [1.29, 1.82) is 0 Å². The maximum atomic E-state index is 14.1. The number of benzene rings is 1. The zero-order valence-corrected chi connectivity index (χ0v) is 18.8. The van der Waals surface area contributed by atoms with Gasteiger partial charge >= 0.3 is 0 Å². The molecule has 168 valence electrons. The van der Waals surface area contributed by atoms with Gasteiger partial charge in [-0.05, 0) is 30.3 Å². The van der Waals surface area contributed by atoms with Gasteiger partial charge < -0.3 is 14.4 Å². The lowest BCUT2D eigenvalue weighted by atomic mass is 10.2. The number of thiophene rings is 1. The zero-order valence-electron chi connectivity index (χ0n) is 18.0. The molecule has 0 saturated carbocycles. The van der Waals surface area contributed by atoms with E-state index in [1.54, 1.807) is 48.9 Å². The molecule has 1 aromatic carbocycles. The molecule has 1 fully saturated rings. The number of methoxy groups -OCH3 is 1. The van der Waals surface area contributed by atoms with Gasteiger partial charge in [0, 0.05) is 61.3 Å². The smallest absolute Gasteiger partial charge is 0.259 e. The molecule has 0 unspecified atom stereocenters. The van der Waals surface area contributed by atoms with Crippen LogP contribution in [-0.4, -0.2) is 67.2 Å². The molecule has 0 bridgehead atoms. The minimum Gasteiger partial charge on any atom is -0.475 e. The highest BCUT2D eigenvalue weighted by molar-refractivity contribution is 7.15. The Labute approximate surface area is 191 Å². The number of piperazine rings is 1. The first-order chi connectivity index (χ1) is 15.7. The van der Waals surface area contributed by atoms with Gasteiger partial charge in [0.1, 0.15) is 18.0 Å². The predicted octanol–water partition coefficient (Wildman–Crippen LogP) is 3.93. The van der Waals surface area contributed by atoms with Crippen molar-refractivity contribution in [2.24, 2.45) is 0 Å². The van der Waals surface area contributed by atoms with Crippen molar-refractivity contribution < 1.29 is 18.7 Å². The summed E-state index contributed by atoms with van der Waals surface area (Å²) in [5.41, 5.74) is 1.11. The van der Waals surface area contributed by atoms with Gasteiger partial charge in [-0.25, -0.2) is 9.37 Å². The number of ether oxygens (including phenoxy) is 2. The Balaban J connectivity index is 1.33. The monoisotopic (exact) mass is 455 g/mol. The fraction of sp³-hybridized carbons (Fsp3) is 0.333. The number of carbonyl (C=O) groups excluding carboxylic acids is 1. The molecule has 2 aromatic heterocycles. The fourth-order valence-electron chi connectivity index (χ4n) is 3.66. The summed E-state index contributed by atoms with van der Waals surface area (Å²) in [5.74, 6) is 0.0772. The van der Waals surface area contributed by atoms with E-state index in [0.29, 0.717) is 43.3 Å². The van der Waals surface area contributed by atoms with Crippen LogP contribution in [-0.2, 0) is 11.3 Å². The molecule has 4 rings (SSSR count). The van der Waals surface area contributed by atoms with Crippen LogP contribution in [0, 0.1) is 5.82 Å². The van der Waals surface area contributed by atoms with E-state index >= 15 is 0 Å². The van der Waals surface area contributed by atoms with Gasteiger partial charge in [-0.2, -0.15) is 0 Å². The predicted molar refractivity (Wildman–Crippen MR) is 123 cm³/mol. The van der Waals surface area contributed by atoms with E-state index in [2.05, 4.69) is 16.0 Å². The number of nitrogens with zero attached hydrogens (tertiary/aromatic N) is 3. The standard InChI is InChI=1S/C24H26FN3O3S/c1-30-15-16-31-23-20(6-4-10-26-23)24(29)28-13-11-27(12-14-28)17-18-8-9-22(32-18)19-5-2-3-7-21(19)25/h2-10H,11-17H2,1H3. The average Bonchev–Trinajstić information content (AvgIpc) is 3.28. The number of rotatable bonds is 8. The summed E-state index contributed by atoms with van der Waals surface area (Å²) in [6.45, 7) is 4.39. The molecule has 3 heterocycles. The average molecular weight is 456 g/mol. The minimum absolute atomic E-state index is 0.0665. The Morgan fingerprint density at radius 2 is 1.88 bits per heavy atom. The molecule has 1 amide bonds. The molecule has 8 heteroatoms. The fourth-order valence-corrected chi connectivity index (χ4v) is 4.74. The van der Waals surface area contributed by atoms with Gasteiger partial charge in [0.25, 0.3) is 5.91 Å². The molecular weight excluding hydrogens is 429 g/mol. The zero-order chi connectivity index (χ0) is 22.3. The third kappa shape index (κ3) is 5.32. The van der Waals surface area contributed by atoms with Crippen LogP contribution < -0.4 is 4.74 Å². The summed E-state index contributed by atoms with van der Waals surface area (Å²) in [5, 5.41) is 0. The van der Waals surface area contributed by atoms with Crippen LogP contribution in [0.25, 0.3) is 10.4 Å². The molecule has 1 saturated heterocycles. The number of carbonyl (C=O) groups is 1. The van der Waals surface area contributed by atoms with Crippen molar-refractivity contribution in [1.82, 2.24) is 14.8 Å². The Bertz CT molecular complexity index is 1050. The first-order valence-corrected chi connectivity index (χ1v) is 11.4. The number of aromatic nitrogens is 1. The second kappa shape index (κ2) is 10.7. The van der Waals surface area contributed by atoms with Gasteiger partial charge in [0.05, 0.1) is 6.61 Å². The summed E-state index contributed by atoms with van der Waals surface area (Å²) in [7, 11) is 1.60. The van der Waals surface area contributed by atoms with Gasteiger partial charge in [-0.3, -0.25) is 9.69 Å². The van der Waals surface area contributed by atoms with Crippen LogP contribution in [0.3, 0.4) is 0 Å². The summed E-state index contributed by atoms with van der Waals surface area (Å²) in [4.78, 5) is 23.5. The van der Waals surface area contributed by atoms with Crippen LogP contribution in [0.1, 0.15) is 15.2 Å². The maximum Gasteiger partial charge on any atom is 0.259 e. The molecule has 1 aliphatic heterocycles. The Morgan fingerprint density at radius 1 is 1.06 bits per heavy atom. The third-order valence-corrected chi connectivity index (χ3v) is 6.47. The Hall–Kier alpha value is -2.81. The van der Waals surface area contributed by atoms with Crippen molar-refractivity contribution in [3.63, 3.8) is 0 Å². The topological polar surface area (TPSA) is 54.9 Å². The van der Waals surface area contributed by atoms with Gasteiger partial charge in [0.2, 0.25) is 5.88 Å². The lowest BCUT2D eigenvalue weighted by Gasteiger charge is -2.34. The lowest BCUT2D eigenvalue weighted by Crippen LogP contribution is -2.48. The molecular formula is C24H26FN3O3S. The highest BCUT2D eigenvalue weighted by Crippen LogP contribution is 2.31. The van der Waals surface area contributed by atoms with E-state index in [1.807, 2.05) is 17.0 Å². The number of hydrogen-bond acceptors (Lipinski definition) is 6. The summed E-state index contributed by atoms with van der Waals surface area (Å²) in [6, 6.07) is 14.4. The van der Waals surface area contributed by atoms with E-state index in [0.717, 1.165) is 24.5 Å². The quantitative estimate of drug-likeness (QED) is 0.482. The van der Waals surface area contributed by atoms with Gasteiger partial charge in [0.15, 0.2) is 0 Å². The maximum absolute atomic E-state index is 14.1. The molecule has 1 aliphatic rings. The first-order valence-electron chi connectivity index (χ1n) is 10.6. The number of pyridine rings is 1.